The molecule has 0 spiro atoms. The number of nitrogens with zero attached hydrogens (tertiary/aromatic N) is 2. The molecule has 2 heterocycles. The maximum atomic E-state index is 12.8. The Bertz CT molecular complexity index is 528. The second-order valence-electron chi connectivity index (χ2n) is 5.00. The van der Waals surface area contributed by atoms with Crippen LogP contribution in [0.25, 0.3) is 0 Å². The van der Waals surface area contributed by atoms with E-state index in [1.54, 1.807) is 4.90 Å². The summed E-state index contributed by atoms with van der Waals surface area (Å²) >= 11 is 5.68. The van der Waals surface area contributed by atoms with E-state index in [9.17, 15) is 18.0 Å². The van der Waals surface area contributed by atoms with Crippen molar-refractivity contribution in [2.45, 2.75) is 32.0 Å². The fraction of sp³-hybridized carbons (Fsp3) is 0.538. The normalized spacial score (nSPS) is 16.9. The standard InChI is InChI=1S/C13H15ClF3N3O/c1-8(21)18-10-2-4-20(5-3-10)12-7-9(13(15,16)17)6-11(14)19-12/h6-7,10H,2-5H2,1H3,(H,18,21). The van der Waals surface area contributed by atoms with Crippen LogP contribution in [0.2, 0.25) is 5.15 Å². The van der Waals surface area contributed by atoms with E-state index >= 15 is 0 Å². The van der Waals surface area contributed by atoms with E-state index < -0.39 is 11.7 Å². The predicted octanol–water partition coefficient (Wildman–Crippen LogP) is 2.86. The molecule has 0 saturated carbocycles. The summed E-state index contributed by atoms with van der Waals surface area (Å²) < 4.78 is 38.3. The Kier molecular flexibility index (Phi) is 4.61. The van der Waals surface area contributed by atoms with Crippen molar-refractivity contribution in [3.8, 4) is 0 Å². The molecule has 0 aliphatic carbocycles. The molecule has 0 unspecified atom stereocenters. The van der Waals surface area contributed by atoms with Gasteiger partial charge in [-0.2, -0.15) is 13.2 Å². The Labute approximate surface area is 125 Å². The number of carbonyl (C=O) groups is 1. The SMILES string of the molecule is CC(=O)NC1CCN(c2cc(C(F)(F)F)cc(Cl)n2)CC1. The van der Waals surface area contributed by atoms with Crippen LogP contribution in [-0.2, 0) is 11.0 Å². The molecule has 0 aromatic carbocycles. The van der Waals surface area contributed by atoms with Gasteiger partial charge in [0.1, 0.15) is 11.0 Å². The zero-order chi connectivity index (χ0) is 15.6. The molecule has 116 valence electrons. The summed E-state index contributed by atoms with van der Waals surface area (Å²) in [5, 5.41) is 2.63. The molecule has 1 aromatic rings. The molecule has 1 N–H and O–H groups in total. The van der Waals surface area contributed by atoms with Crippen LogP contribution in [0.1, 0.15) is 25.3 Å². The van der Waals surface area contributed by atoms with Gasteiger partial charge in [-0.05, 0) is 25.0 Å². The molecule has 1 aliphatic heterocycles. The smallest absolute Gasteiger partial charge is 0.356 e. The number of anilines is 1. The first-order chi connectivity index (χ1) is 9.75. The van der Waals surface area contributed by atoms with Crippen molar-refractivity contribution in [2.75, 3.05) is 18.0 Å². The highest BCUT2D eigenvalue weighted by molar-refractivity contribution is 6.29. The molecule has 2 rings (SSSR count). The lowest BCUT2D eigenvalue weighted by Gasteiger charge is -2.33. The minimum Gasteiger partial charge on any atom is -0.356 e. The summed E-state index contributed by atoms with van der Waals surface area (Å²) in [6.07, 6.45) is -3.12. The predicted molar refractivity (Wildman–Crippen MR) is 73.3 cm³/mol. The molecule has 1 fully saturated rings. The first-order valence-electron chi connectivity index (χ1n) is 6.52. The van der Waals surface area contributed by atoms with Crippen molar-refractivity contribution < 1.29 is 18.0 Å². The van der Waals surface area contributed by atoms with E-state index in [1.165, 1.54) is 6.92 Å². The van der Waals surface area contributed by atoms with Gasteiger partial charge in [0.05, 0.1) is 5.56 Å². The van der Waals surface area contributed by atoms with Gasteiger partial charge in [-0.25, -0.2) is 4.98 Å². The van der Waals surface area contributed by atoms with Crippen molar-refractivity contribution in [1.82, 2.24) is 10.3 Å². The first kappa shape index (κ1) is 15.9. The molecular formula is C13H15ClF3N3O. The molecule has 1 amide bonds. The third-order valence-corrected chi connectivity index (χ3v) is 3.53. The Hall–Kier alpha value is -1.50. The lowest BCUT2D eigenvalue weighted by molar-refractivity contribution is -0.137. The summed E-state index contributed by atoms with van der Waals surface area (Å²) in [7, 11) is 0. The van der Waals surface area contributed by atoms with Crippen LogP contribution in [0.5, 0.6) is 0 Å². The second-order valence-corrected chi connectivity index (χ2v) is 5.38. The van der Waals surface area contributed by atoms with Crippen molar-refractivity contribution in [3.05, 3.63) is 22.8 Å². The number of halogens is 4. The van der Waals surface area contributed by atoms with Gasteiger partial charge in [0.2, 0.25) is 5.91 Å². The van der Waals surface area contributed by atoms with Crippen LogP contribution in [0.15, 0.2) is 12.1 Å². The van der Waals surface area contributed by atoms with E-state index in [0.29, 0.717) is 25.9 Å². The van der Waals surface area contributed by atoms with Gasteiger partial charge in [-0.1, -0.05) is 11.6 Å². The van der Waals surface area contributed by atoms with Gasteiger partial charge in [-0.15, -0.1) is 0 Å². The number of piperidine rings is 1. The summed E-state index contributed by atoms with van der Waals surface area (Å²) in [6, 6.07) is 1.87. The Balaban J connectivity index is 2.10. The molecule has 1 saturated heterocycles. The fourth-order valence-electron chi connectivity index (χ4n) is 2.35. The molecule has 4 nitrogen and oxygen atoms in total. The van der Waals surface area contributed by atoms with E-state index in [2.05, 4.69) is 10.3 Å². The van der Waals surface area contributed by atoms with Crippen LogP contribution < -0.4 is 10.2 Å². The number of hydrogen-bond acceptors (Lipinski definition) is 3. The summed E-state index contributed by atoms with van der Waals surface area (Å²) in [6.45, 7) is 2.49. The minimum atomic E-state index is -4.45. The number of amides is 1. The number of pyridine rings is 1. The number of hydrogen-bond donors (Lipinski definition) is 1. The van der Waals surface area contributed by atoms with Gasteiger partial charge >= 0.3 is 6.18 Å². The molecule has 1 aliphatic rings. The average Bonchev–Trinajstić information content (AvgIpc) is 2.37. The number of carbonyl (C=O) groups excluding carboxylic acids is 1. The maximum Gasteiger partial charge on any atom is 0.416 e. The Morgan fingerprint density at radius 3 is 2.52 bits per heavy atom. The molecule has 0 radical (unpaired) electrons. The lowest BCUT2D eigenvalue weighted by atomic mass is 10.0. The largest absolute Gasteiger partial charge is 0.416 e. The fourth-order valence-corrected chi connectivity index (χ4v) is 2.55. The van der Waals surface area contributed by atoms with E-state index in [4.69, 9.17) is 11.6 Å². The van der Waals surface area contributed by atoms with Gasteiger partial charge in [0.15, 0.2) is 0 Å². The lowest BCUT2D eigenvalue weighted by Crippen LogP contribution is -2.44. The third-order valence-electron chi connectivity index (χ3n) is 3.33. The first-order valence-corrected chi connectivity index (χ1v) is 6.90. The monoisotopic (exact) mass is 321 g/mol. The van der Waals surface area contributed by atoms with E-state index in [1.807, 2.05) is 0 Å². The van der Waals surface area contributed by atoms with Gasteiger partial charge in [-0.3, -0.25) is 4.79 Å². The minimum absolute atomic E-state index is 0.0556. The average molecular weight is 322 g/mol. The number of alkyl halides is 3. The Morgan fingerprint density at radius 2 is 2.00 bits per heavy atom. The molecule has 0 bridgehead atoms. The van der Waals surface area contributed by atoms with Crippen molar-refractivity contribution in [1.29, 1.82) is 0 Å². The Morgan fingerprint density at radius 1 is 1.38 bits per heavy atom. The highest BCUT2D eigenvalue weighted by Crippen LogP contribution is 2.33. The van der Waals surface area contributed by atoms with Gasteiger partial charge in [0, 0.05) is 26.1 Å². The quantitative estimate of drug-likeness (QED) is 0.852. The summed E-state index contributed by atoms with van der Waals surface area (Å²) in [4.78, 5) is 16.7. The van der Waals surface area contributed by atoms with E-state index in [0.717, 1.165) is 12.1 Å². The number of nitrogens with one attached hydrogen (secondary N) is 1. The highest BCUT2D eigenvalue weighted by Gasteiger charge is 2.32. The maximum absolute atomic E-state index is 12.8. The molecular weight excluding hydrogens is 307 g/mol. The van der Waals surface area contributed by atoms with Crippen molar-refractivity contribution in [2.24, 2.45) is 0 Å². The van der Waals surface area contributed by atoms with Crippen LogP contribution in [0.4, 0.5) is 19.0 Å². The number of rotatable bonds is 2. The molecule has 21 heavy (non-hydrogen) atoms. The molecule has 0 atom stereocenters. The summed E-state index contributed by atoms with van der Waals surface area (Å²) in [5.41, 5.74) is -0.804. The summed E-state index contributed by atoms with van der Waals surface area (Å²) in [5.74, 6) is 0.116. The van der Waals surface area contributed by atoms with Crippen molar-refractivity contribution in [3.63, 3.8) is 0 Å². The second kappa shape index (κ2) is 6.09. The molecule has 8 heteroatoms. The van der Waals surface area contributed by atoms with Gasteiger partial charge < -0.3 is 10.2 Å². The van der Waals surface area contributed by atoms with Crippen LogP contribution in [-0.4, -0.2) is 30.0 Å². The topological polar surface area (TPSA) is 45.2 Å². The van der Waals surface area contributed by atoms with Crippen LogP contribution in [0.3, 0.4) is 0 Å². The van der Waals surface area contributed by atoms with Crippen LogP contribution >= 0.6 is 11.6 Å². The molecule has 1 aromatic heterocycles. The zero-order valence-corrected chi connectivity index (χ0v) is 12.1. The number of aromatic nitrogens is 1. The third kappa shape index (κ3) is 4.23. The zero-order valence-electron chi connectivity index (χ0n) is 11.4. The van der Waals surface area contributed by atoms with Gasteiger partial charge in [0.25, 0.3) is 0 Å². The van der Waals surface area contributed by atoms with E-state index in [-0.39, 0.29) is 22.9 Å². The van der Waals surface area contributed by atoms with Crippen LogP contribution in [0, 0.1) is 0 Å². The highest BCUT2D eigenvalue weighted by atomic mass is 35.5. The van der Waals surface area contributed by atoms with Crippen molar-refractivity contribution >= 4 is 23.3 Å².